The summed E-state index contributed by atoms with van der Waals surface area (Å²) >= 11 is 5.40. The molecule has 0 aromatic heterocycles. The predicted molar refractivity (Wildman–Crippen MR) is 78.8 cm³/mol. The normalized spacial score (nSPS) is 25.4. The van der Waals surface area contributed by atoms with Gasteiger partial charge in [0, 0.05) is 5.88 Å². The third kappa shape index (κ3) is 3.64. The molecule has 4 heteroatoms. The van der Waals surface area contributed by atoms with Gasteiger partial charge in [0.25, 0.3) is 0 Å². The molecule has 1 aliphatic rings. The van der Waals surface area contributed by atoms with Gasteiger partial charge in [0.1, 0.15) is 0 Å². The standard InChI is InChI=1S/C16H20ClFO2/c1-6-13(12(18)7-8-17)20-15(19)14-11(9-10(2)3)16(14,4)5/h1,7,9,11,13-14H,8H2,2-5H3. The van der Waals surface area contributed by atoms with Crippen LogP contribution in [0.15, 0.2) is 23.6 Å². The zero-order valence-electron chi connectivity index (χ0n) is 12.2. The smallest absolute Gasteiger partial charge is 0.311 e. The Morgan fingerprint density at radius 3 is 2.60 bits per heavy atom. The minimum Gasteiger partial charge on any atom is -0.441 e. The summed E-state index contributed by atoms with van der Waals surface area (Å²) in [7, 11) is 0. The van der Waals surface area contributed by atoms with Gasteiger partial charge in [0.2, 0.25) is 6.10 Å². The van der Waals surface area contributed by atoms with Crippen LogP contribution in [-0.2, 0) is 9.53 Å². The zero-order chi connectivity index (χ0) is 15.5. The molecule has 0 aliphatic heterocycles. The molecule has 1 fully saturated rings. The van der Waals surface area contributed by atoms with Gasteiger partial charge in [-0.15, -0.1) is 18.0 Å². The highest BCUT2D eigenvalue weighted by Gasteiger charge is 2.61. The summed E-state index contributed by atoms with van der Waals surface area (Å²) in [5.74, 6) is 0.774. The molecule has 0 aromatic rings. The Morgan fingerprint density at radius 1 is 1.55 bits per heavy atom. The first-order valence-corrected chi connectivity index (χ1v) is 7.02. The first kappa shape index (κ1) is 16.8. The Balaban J connectivity index is 2.76. The lowest BCUT2D eigenvalue weighted by atomic mass is 10.1. The SMILES string of the molecule is C#CC(OC(=O)C1C(C=C(C)C)C1(C)C)C(F)=CCCl. The number of alkyl halides is 1. The fourth-order valence-electron chi connectivity index (χ4n) is 2.34. The van der Waals surface area contributed by atoms with Crippen LogP contribution < -0.4 is 0 Å². The van der Waals surface area contributed by atoms with Crippen molar-refractivity contribution in [3.8, 4) is 12.3 Å². The highest BCUT2D eigenvalue weighted by Crippen LogP contribution is 2.59. The van der Waals surface area contributed by atoms with E-state index < -0.39 is 17.9 Å². The summed E-state index contributed by atoms with van der Waals surface area (Å²) in [4.78, 5) is 12.1. The Labute approximate surface area is 125 Å². The minimum atomic E-state index is -1.29. The number of hydrogen-bond acceptors (Lipinski definition) is 2. The topological polar surface area (TPSA) is 26.3 Å². The lowest BCUT2D eigenvalue weighted by molar-refractivity contribution is -0.148. The molecule has 0 saturated heterocycles. The Morgan fingerprint density at radius 2 is 2.15 bits per heavy atom. The molecule has 0 heterocycles. The van der Waals surface area contributed by atoms with Crippen molar-refractivity contribution in [3.63, 3.8) is 0 Å². The average molecular weight is 299 g/mol. The highest BCUT2D eigenvalue weighted by atomic mass is 35.5. The zero-order valence-corrected chi connectivity index (χ0v) is 13.0. The quantitative estimate of drug-likeness (QED) is 0.333. The Kier molecular flexibility index (Phi) is 5.42. The van der Waals surface area contributed by atoms with Gasteiger partial charge >= 0.3 is 5.97 Å². The Bertz CT molecular complexity index is 481. The summed E-state index contributed by atoms with van der Waals surface area (Å²) < 4.78 is 18.6. The van der Waals surface area contributed by atoms with Crippen LogP contribution in [0.25, 0.3) is 0 Å². The number of esters is 1. The van der Waals surface area contributed by atoms with Crippen LogP contribution in [-0.4, -0.2) is 18.0 Å². The number of hydrogen-bond donors (Lipinski definition) is 0. The van der Waals surface area contributed by atoms with E-state index in [-0.39, 0.29) is 23.1 Å². The number of carbonyl (C=O) groups is 1. The van der Waals surface area contributed by atoms with Crippen LogP contribution in [0.5, 0.6) is 0 Å². The average Bonchev–Trinajstić information content (AvgIpc) is 2.86. The number of terminal acetylenes is 1. The molecule has 20 heavy (non-hydrogen) atoms. The Hall–Kier alpha value is -1.27. The van der Waals surface area contributed by atoms with Gasteiger partial charge in [0.05, 0.1) is 5.92 Å². The molecule has 1 aliphatic carbocycles. The molecule has 3 unspecified atom stereocenters. The van der Waals surface area contributed by atoms with E-state index >= 15 is 0 Å². The van der Waals surface area contributed by atoms with Crippen LogP contribution in [0.2, 0.25) is 0 Å². The molecule has 0 aromatic carbocycles. The summed E-state index contributed by atoms with van der Waals surface area (Å²) in [6, 6.07) is 0. The van der Waals surface area contributed by atoms with Crippen molar-refractivity contribution >= 4 is 17.6 Å². The van der Waals surface area contributed by atoms with E-state index in [1.54, 1.807) is 0 Å². The van der Waals surface area contributed by atoms with Crippen LogP contribution in [0.1, 0.15) is 27.7 Å². The van der Waals surface area contributed by atoms with Crippen LogP contribution in [0.3, 0.4) is 0 Å². The van der Waals surface area contributed by atoms with Crippen LogP contribution >= 0.6 is 11.6 Å². The summed E-state index contributed by atoms with van der Waals surface area (Å²) in [6.45, 7) is 7.92. The second-order valence-corrected chi connectivity index (χ2v) is 6.10. The van der Waals surface area contributed by atoms with E-state index in [2.05, 4.69) is 5.92 Å². The lowest BCUT2D eigenvalue weighted by Crippen LogP contribution is -2.20. The monoisotopic (exact) mass is 298 g/mol. The van der Waals surface area contributed by atoms with Crippen molar-refractivity contribution in [2.45, 2.75) is 33.8 Å². The summed E-state index contributed by atoms with van der Waals surface area (Å²) in [5, 5.41) is 0. The van der Waals surface area contributed by atoms with E-state index in [4.69, 9.17) is 22.8 Å². The summed E-state index contributed by atoms with van der Waals surface area (Å²) in [6.07, 6.45) is 7.05. The van der Waals surface area contributed by atoms with Gasteiger partial charge < -0.3 is 4.74 Å². The molecule has 110 valence electrons. The predicted octanol–water partition coefficient (Wildman–Crippen LogP) is 3.86. The van der Waals surface area contributed by atoms with E-state index in [9.17, 15) is 9.18 Å². The molecular weight excluding hydrogens is 279 g/mol. The molecule has 1 rings (SSSR count). The minimum absolute atomic E-state index is 0.0170. The molecule has 1 saturated carbocycles. The maximum Gasteiger partial charge on any atom is 0.311 e. The van der Waals surface area contributed by atoms with Crippen molar-refractivity contribution < 1.29 is 13.9 Å². The van der Waals surface area contributed by atoms with E-state index in [1.807, 2.05) is 33.8 Å². The first-order chi connectivity index (χ1) is 9.25. The number of halogens is 2. The van der Waals surface area contributed by atoms with Crippen molar-refractivity contribution in [1.82, 2.24) is 0 Å². The van der Waals surface area contributed by atoms with Crippen molar-refractivity contribution in [2.24, 2.45) is 17.3 Å². The molecular formula is C16H20ClFO2. The third-order valence-corrected chi connectivity index (χ3v) is 3.74. The molecule has 0 bridgehead atoms. The van der Waals surface area contributed by atoms with Gasteiger partial charge in [-0.2, -0.15) is 0 Å². The van der Waals surface area contributed by atoms with Crippen molar-refractivity contribution in [2.75, 3.05) is 5.88 Å². The van der Waals surface area contributed by atoms with E-state index in [1.165, 1.54) is 0 Å². The fraction of sp³-hybridized carbons (Fsp3) is 0.562. The van der Waals surface area contributed by atoms with Gasteiger partial charge in [-0.1, -0.05) is 31.4 Å². The summed E-state index contributed by atoms with van der Waals surface area (Å²) in [5.41, 5.74) is 0.959. The lowest BCUT2D eigenvalue weighted by Gasteiger charge is -2.11. The van der Waals surface area contributed by atoms with Gasteiger partial charge in [-0.3, -0.25) is 4.79 Å². The number of allylic oxidation sites excluding steroid dienone is 3. The van der Waals surface area contributed by atoms with E-state index in [0.717, 1.165) is 11.6 Å². The molecule has 0 N–H and O–H groups in total. The number of carbonyl (C=O) groups excluding carboxylic acids is 1. The first-order valence-electron chi connectivity index (χ1n) is 6.48. The highest BCUT2D eigenvalue weighted by molar-refractivity contribution is 6.18. The molecule has 0 radical (unpaired) electrons. The third-order valence-electron chi connectivity index (χ3n) is 3.59. The molecule has 0 spiro atoms. The van der Waals surface area contributed by atoms with Crippen LogP contribution in [0.4, 0.5) is 4.39 Å². The number of rotatable bonds is 5. The maximum atomic E-state index is 13.6. The fourth-order valence-corrected chi connectivity index (χ4v) is 2.49. The second kappa shape index (κ2) is 6.45. The molecule has 0 amide bonds. The van der Waals surface area contributed by atoms with Gasteiger partial charge in [-0.25, -0.2) is 4.39 Å². The largest absolute Gasteiger partial charge is 0.441 e. The van der Waals surface area contributed by atoms with Gasteiger partial charge in [0.15, 0.2) is 5.83 Å². The van der Waals surface area contributed by atoms with Crippen LogP contribution in [0, 0.1) is 29.6 Å². The second-order valence-electron chi connectivity index (χ2n) is 5.80. The number of ether oxygens (including phenoxy) is 1. The molecule has 3 atom stereocenters. The van der Waals surface area contributed by atoms with Gasteiger partial charge in [-0.05, 0) is 31.3 Å². The van der Waals surface area contributed by atoms with E-state index in [0.29, 0.717) is 0 Å². The van der Waals surface area contributed by atoms with Crippen molar-refractivity contribution in [1.29, 1.82) is 0 Å². The maximum absolute atomic E-state index is 13.6. The molecule has 2 nitrogen and oxygen atoms in total. The van der Waals surface area contributed by atoms with Crippen molar-refractivity contribution in [3.05, 3.63) is 23.6 Å².